The van der Waals surface area contributed by atoms with E-state index < -0.39 is 44.0 Å². The Kier molecular flexibility index (Phi) is 4.85. The quantitative estimate of drug-likeness (QED) is 0.615. The van der Waals surface area contributed by atoms with Crippen LogP contribution in [0.15, 0.2) is 17.0 Å². The van der Waals surface area contributed by atoms with Gasteiger partial charge in [0, 0.05) is 22.8 Å². The van der Waals surface area contributed by atoms with Gasteiger partial charge in [-0.05, 0) is 0 Å². The number of alkyl halides is 5. The van der Waals surface area contributed by atoms with E-state index in [1.165, 1.54) is 6.07 Å². The molecule has 0 saturated carbocycles. The first-order chi connectivity index (χ1) is 9.44. The molecule has 0 heterocycles. The Balaban J connectivity index is 3.54. The Hall–Kier alpha value is -1.80. The maximum absolute atomic E-state index is 12.2. The van der Waals surface area contributed by atoms with Crippen molar-refractivity contribution in [1.82, 2.24) is 0 Å². The molecule has 0 fully saturated rings. The van der Waals surface area contributed by atoms with Crippen molar-refractivity contribution in [3.8, 4) is 17.6 Å². The number of ether oxygens (including phenoxy) is 2. The van der Waals surface area contributed by atoms with E-state index in [1.54, 1.807) is 0 Å². The molecule has 0 bridgehead atoms. The summed E-state index contributed by atoms with van der Waals surface area (Å²) in [5.41, 5.74) is -0.793. The fourth-order valence-corrected chi connectivity index (χ4v) is 2.17. The van der Waals surface area contributed by atoms with Crippen LogP contribution in [0.2, 0.25) is 0 Å². The summed E-state index contributed by atoms with van der Waals surface area (Å²) in [5.74, 6) is -2.29. The topological polar surface area (TPSA) is 76.4 Å². The standard InChI is InChI=1S/C9H3ClF5NO4S/c10-21(17,18)7-2-5(19-8(11)12)4(3-16)1-6(7)20-9(13,14)15/h1-2,8H. The molecule has 0 N–H and O–H groups in total. The highest BCUT2D eigenvalue weighted by molar-refractivity contribution is 8.13. The molecule has 0 saturated heterocycles. The van der Waals surface area contributed by atoms with Crippen molar-refractivity contribution in [1.29, 1.82) is 5.26 Å². The maximum atomic E-state index is 12.2. The van der Waals surface area contributed by atoms with Crippen LogP contribution in [0, 0.1) is 11.3 Å². The number of hydrogen-bond acceptors (Lipinski definition) is 5. The van der Waals surface area contributed by atoms with Gasteiger partial charge in [0.1, 0.15) is 16.7 Å². The number of nitrogens with zero attached hydrogens (tertiary/aromatic N) is 1. The van der Waals surface area contributed by atoms with Gasteiger partial charge in [0.05, 0.1) is 5.56 Å². The van der Waals surface area contributed by atoms with Gasteiger partial charge in [0.2, 0.25) is 0 Å². The van der Waals surface area contributed by atoms with Crippen molar-refractivity contribution in [2.24, 2.45) is 0 Å². The number of hydrogen-bond donors (Lipinski definition) is 0. The molecule has 0 atom stereocenters. The molecule has 0 aromatic heterocycles. The zero-order valence-corrected chi connectivity index (χ0v) is 11.1. The first-order valence-electron chi connectivity index (χ1n) is 4.67. The van der Waals surface area contributed by atoms with Gasteiger partial charge in [0.25, 0.3) is 9.05 Å². The van der Waals surface area contributed by atoms with Crippen LogP contribution in [0.1, 0.15) is 5.56 Å². The molecule has 0 spiro atoms. The highest BCUT2D eigenvalue weighted by atomic mass is 35.7. The minimum absolute atomic E-state index is 0.244. The minimum atomic E-state index is -5.28. The molecule has 0 amide bonds. The summed E-state index contributed by atoms with van der Waals surface area (Å²) >= 11 is 0. The predicted octanol–water partition coefficient (Wildman–Crippen LogP) is 2.99. The van der Waals surface area contributed by atoms with Crippen LogP contribution in [0.5, 0.6) is 11.5 Å². The number of halogens is 6. The van der Waals surface area contributed by atoms with Gasteiger partial charge in [-0.1, -0.05) is 0 Å². The summed E-state index contributed by atoms with van der Waals surface area (Å²) in [6, 6.07) is 1.78. The lowest BCUT2D eigenvalue weighted by Gasteiger charge is -2.14. The molecule has 0 aliphatic heterocycles. The average molecular weight is 352 g/mol. The van der Waals surface area contributed by atoms with Gasteiger partial charge < -0.3 is 9.47 Å². The van der Waals surface area contributed by atoms with Crippen molar-refractivity contribution < 1.29 is 39.8 Å². The van der Waals surface area contributed by atoms with E-state index in [-0.39, 0.29) is 12.1 Å². The molecule has 0 aliphatic carbocycles. The Labute approximate surface area is 118 Å². The molecule has 1 aromatic carbocycles. The largest absolute Gasteiger partial charge is 0.573 e. The van der Waals surface area contributed by atoms with Gasteiger partial charge in [-0.2, -0.15) is 14.0 Å². The second kappa shape index (κ2) is 5.90. The molecule has 0 aliphatic rings. The van der Waals surface area contributed by atoms with Crippen LogP contribution >= 0.6 is 10.7 Å². The Morgan fingerprint density at radius 3 is 2.19 bits per heavy atom. The molecule has 0 radical (unpaired) electrons. The summed E-state index contributed by atoms with van der Waals surface area (Å²) in [7, 11) is 0.119. The van der Waals surface area contributed by atoms with E-state index in [1.807, 2.05) is 0 Å². The first kappa shape index (κ1) is 17.3. The molecule has 0 unspecified atom stereocenters. The van der Waals surface area contributed by atoms with Gasteiger partial charge in [-0.3, -0.25) is 0 Å². The molecule has 1 aromatic rings. The summed E-state index contributed by atoms with van der Waals surface area (Å²) in [6.07, 6.45) is -5.28. The van der Waals surface area contributed by atoms with Crippen LogP contribution in [-0.4, -0.2) is 21.4 Å². The van der Waals surface area contributed by atoms with Gasteiger partial charge in [-0.25, -0.2) is 8.42 Å². The highest BCUT2D eigenvalue weighted by Gasteiger charge is 2.35. The fourth-order valence-electron chi connectivity index (χ4n) is 1.22. The van der Waals surface area contributed by atoms with Gasteiger partial charge in [-0.15, -0.1) is 13.2 Å². The lowest BCUT2D eigenvalue weighted by Crippen LogP contribution is -2.19. The third-order valence-electron chi connectivity index (χ3n) is 1.87. The Bertz CT molecular complexity index is 683. The molecule has 21 heavy (non-hydrogen) atoms. The Morgan fingerprint density at radius 1 is 1.24 bits per heavy atom. The van der Waals surface area contributed by atoms with Crippen molar-refractivity contribution in [3.05, 3.63) is 17.7 Å². The van der Waals surface area contributed by atoms with Gasteiger partial charge >= 0.3 is 13.0 Å². The number of nitriles is 1. The first-order valence-corrected chi connectivity index (χ1v) is 6.98. The third kappa shape index (κ3) is 4.91. The van der Waals surface area contributed by atoms with Crippen molar-refractivity contribution in [3.63, 3.8) is 0 Å². The molecule has 1 rings (SSSR count). The minimum Gasteiger partial charge on any atom is -0.433 e. The molecule has 5 nitrogen and oxygen atoms in total. The monoisotopic (exact) mass is 351 g/mol. The smallest absolute Gasteiger partial charge is 0.433 e. The molecular formula is C9H3ClF5NO4S. The van der Waals surface area contributed by atoms with E-state index in [0.717, 1.165) is 0 Å². The molecular weight excluding hydrogens is 349 g/mol. The zero-order valence-electron chi connectivity index (χ0n) is 9.49. The van der Waals surface area contributed by atoms with E-state index in [4.69, 9.17) is 15.9 Å². The van der Waals surface area contributed by atoms with Crippen molar-refractivity contribution >= 4 is 19.7 Å². The van der Waals surface area contributed by atoms with Crippen LogP contribution in [-0.2, 0) is 9.05 Å². The SMILES string of the molecule is N#Cc1cc(OC(F)(F)F)c(S(=O)(=O)Cl)cc1OC(F)F. The second-order valence-electron chi connectivity index (χ2n) is 3.27. The lowest BCUT2D eigenvalue weighted by atomic mass is 10.2. The van der Waals surface area contributed by atoms with Crippen LogP contribution in [0.3, 0.4) is 0 Å². The summed E-state index contributed by atoms with van der Waals surface area (Å²) in [4.78, 5) is -1.27. The van der Waals surface area contributed by atoms with Crippen molar-refractivity contribution in [2.75, 3.05) is 0 Å². The summed E-state index contributed by atoms with van der Waals surface area (Å²) < 4.78 is 90.3. The van der Waals surface area contributed by atoms with Crippen LogP contribution in [0.4, 0.5) is 22.0 Å². The lowest BCUT2D eigenvalue weighted by molar-refractivity contribution is -0.275. The fraction of sp³-hybridized carbons (Fsp3) is 0.222. The normalized spacial score (nSPS) is 12.1. The second-order valence-corrected chi connectivity index (χ2v) is 5.81. The van der Waals surface area contributed by atoms with Crippen LogP contribution < -0.4 is 9.47 Å². The molecule has 12 heteroatoms. The number of benzene rings is 1. The maximum Gasteiger partial charge on any atom is 0.573 e. The summed E-state index contributed by atoms with van der Waals surface area (Å²) in [6.45, 7) is -3.43. The Morgan fingerprint density at radius 2 is 1.81 bits per heavy atom. The van der Waals surface area contributed by atoms with Crippen LogP contribution in [0.25, 0.3) is 0 Å². The summed E-state index contributed by atoms with van der Waals surface area (Å²) in [5, 5.41) is 8.65. The average Bonchev–Trinajstić information content (AvgIpc) is 2.26. The number of rotatable bonds is 4. The highest BCUT2D eigenvalue weighted by Crippen LogP contribution is 2.37. The van der Waals surface area contributed by atoms with E-state index in [2.05, 4.69) is 9.47 Å². The van der Waals surface area contributed by atoms with E-state index in [0.29, 0.717) is 0 Å². The van der Waals surface area contributed by atoms with E-state index in [9.17, 15) is 30.4 Å². The van der Waals surface area contributed by atoms with E-state index >= 15 is 0 Å². The zero-order chi connectivity index (χ0) is 16.4. The third-order valence-corrected chi connectivity index (χ3v) is 3.21. The molecule has 116 valence electrons. The van der Waals surface area contributed by atoms with Gasteiger partial charge in [0.15, 0.2) is 5.75 Å². The van der Waals surface area contributed by atoms with Crippen molar-refractivity contribution in [2.45, 2.75) is 17.9 Å². The predicted molar refractivity (Wildman–Crippen MR) is 57.5 cm³/mol.